The average molecular weight is 388 g/mol. The molecule has 4 nitrogen and oxygen atoms in total. The lowest BCUT2D eigenvalue weighted by Crippen LogP contribution is -2.16. The molecule has 6 rings (SSSR count). The monoisotopic (exact) mass is 388 g/mol. The quantitative estimate of drug-likeness (QED) is 0.293. The van der Waals surface area contributed by atoms with Crippen LogP contribution in [0.25, 0.3) is 53.9 Å². The summed E-state index contributed by atoms with van der Waals surface area (Å²) in [5.41, 5.74) is -1.12. The van der Waals surface area contributed by atoms with Crippen molar-refractivity contribution in [1.29, 1.82) is 0 Å². The van der Waals surface area contributed by atoms with Gasteiger partial charge in [0.25, 0.3) is 0 Å². The molecule has 0 heterocycles. The van der Waals surface area contributed by atoms with E-state index in [1.165, 1.54) is 0 Å². The molecule has 0 amide bonds. The molecular weight excluding hydrogens is 376 g/mol. The Kier molecular flexibility index (Phi) is 3.17. The molecule has 0 spiro atoms. The third kappa shape index (κ3) is 1.95. The molecule has 4 heteroatoms. The Hall–Kier alpha value is -4.18. The van der Waals surface area contributed by atoms with E-state index in [1.807, 2.05) is 0 Å². The van der Waals surface area contributed by atoms with Crippen LogP contribution >= 0.6 is 0 Å². The van der Waals surface area contributed by atoms with Crippen molar-refractivity contribution in [1.82, 2.24) is 0 Å². The minimum absolute atomic E-state index is 0.202. The lowest BCUT2D eigenvalue weighted by molar-refractivity contribution is 1.66. The first kappa shape index (κ1) is 16.7. The van der Waals surface area contributed by atoms with Crippen LogP contribution in [0.2, 0.25) is 0 Å². The van der Waals surface area contributed by atoms with Crippen LogP contribution in [0.3, 0.4) is 0 Å². The third-order valence-electron chi connectivity index (χ3n) is 5.96. The number of hydrogen-bond donors (Lipinski definition) is 0. The smallest absolute Gasteiger partial charge is 0.195 e. The van der Waals surface area contributed by atoms with E-state index in [0.717, 1.165) is 0 Å². The molecule has 0 N–H and O–H groups in total. The van der Waals surface area contributed by atoms with Gasteiger partial charge in [0.05, 0.1) is 0 Å². The van der Waals surface area contributed by atoms with Crippen LogP contribution in [-0.4, -0.2) is 0 Å². The first-order valence-corrected chi connectivity index (χ1v) is 9.54. The molecule has 6 aromatic carbocycles. The summed E-state index contributed by atoms with van der Waals surface area (Å²) < 4.78 is 0. The first-order valence-electron chi connectivity index (χ1n) is 9.54. The van der Waals surface area contributed by atoms with E-state index >= 15 is 0 Å². The van der Waals surface area contributed by atoms with Gasteiger partial charge in [-0.1, -0.05) is 60.7 Å². The maximum atomic E-state index is 13.4. The summed E-state index contributed by atoms with van der Waals surface area (Å²) in [4.78, 5) is 53.1. The highest BCUT2D eigenvalue weighted by Crippen LogP contribution is 2.29. The van der Waals surface area contributed by atoms with Crippen molar-refractivity contribution >= 4 is 53.9 Å². The van der Waals surface area contributed by atoms with Gasteiger partial charge in [0.2, 0.25) is 0 Å². The fraction of sp³-hybridized carbons (Fsp3) is 0. The van der Waals surface area contributed by atoms with Crippen molar-refractivity contribution in [2.45, 2.75) is 0 Å². The summed E-state index contributed by atoms with van der Waals surface area (Å²) in [5.74, 6) is 0. The number of hydrogen-bond acceptors (Lipinski definition) is 4. The van der Waals surface area contributed by atoms with E-state index in [2.05, 4.69) is 0 Å². The zero-order valence-electron chi connectivity index (χ0n) is 15.6. The van der Waals surface area contributed by atoms with Crippen LogP contribution in [0.5, 0.6) is 0 Å². The number of benzene rings is 6. The van der Waals surface area contributed by atoms with Gasteiger partial charge >= 0.3 is 0 Å². The lowest BCUT2D eigenvalue weighted by atomic mass is 9.92. The van der Waals surface area contributed by atoms with Crippen molar-refractivity contribution in [3.05, 3.63) is 114 Å². The SMILES string of the molecule is O=c1c2ccccc2c(=O)c2c1ccc1ccc3c(=O)c4ccccc4c(=O)c3c12. The number of fused-ring (bicyclic) bond motifs is 7. The predicted octanol–water partition coefficient (Wildman–Crippen LogP) is 3.77. The highest BCUT2D eigenvalue weighted by atomic mass is 16.1. The minimum atomic E-state index is -0.307. The van der Waals surface area contributed by atoms with E-state index in [4.69, 9.17) is 0 Å². The van der Waals surface area contributed by atoms with Gasteiger partial charge < -0.3 is 0 Å². The zero-order valence-corrected chi connectivity index (χ0v) is 15.6. The van der Waals surface area contributed by atoms with Gasteiger partial charge in [-0.05, 0) is 17.5 Å². The maximum Gasteiger partial charge on any atom is 0.195 e. The molecule has 0 aliphatic rings. The Morgan fingerprint density at radius 3 is 1.10 bits per heavy atom. The van der Waals surface area contributed by atoms with E-state index in [1.54, 1.807) is 72.8 Å². The molecule has 30 heavy (non-hydrogen) atoms. The van der Waals surface area contributed by atoms with E-state index in [0.29, 0.717) is 32.3 Å². The van der Waals surface area contributed by atoms with Gasteiger partial charge in [0.15, 0.2) is 21.7 Å². The second-order valence-corrected chi connectivity index (χ2v) is 7.48. The van der Waals surface area contributed by atoms with Crippen LogP contribution in [0.15, 0.2) is 92.0 Å². The summed E-state index contributed by atoms with van der Waals surface area (Å²) in [6, 6.07) is 20.1. The van der Waals surface area contributed by atoms with Gasteiger partial charge in [-0.15, -0.1) is 0 Å². The molecule has 0 aliphatic carbocycles. The molecule has 0 unspecified atom stereocenters. The molecule has 0 aromatic heterocycles. The summed E-state index contributed by atoms with van der Waals surface area (Å²) in [5, 5.41) is 3.29. The van der Waals surface area contributed by atoms with Crippen LogP contribution in [0.1, 0.15) is 0 Å². The van der Waals surface area contributed by atoms with Crippen LogP contribution in [-0.2, 0) is 0 Å². The number of rotatable bonds is 0. The van der Waals surface area contributed by atoms with E-state index in [9.17, 15) is 19.2 Å². The Bertz CT molecular complexity index is 1790. The second kappa shape index (κ2) is 5.67. The third-order valence-corrected chi connectivity index (χ3v) is 5.96. The normalized spacial score (nSPS) is 11.9. The van der Waals surface area contributed by atoms with Gasteiger partial charge in [0, 0.05) is 48.5 Å². The summed E-state index contributed by atoms with van der Waals surface area (Å²) in [6.07, 6.45) is 0. The van der Waals surface area contributed by atoms with Crippen molar-refractivity contribution in [3.8, 4) is 0 Å². The van der Waals surface area contributed by atoms with E-state index in [-0.39, 0.29) is 43.3 Å². The molecule has 0 radical (unpaired) electrons. The molecule has 140 valence electrons. The molecule has 0 saturated heterocycles. The fourth-order valence-electron chi connectivity index (χ4n) is 4.59. The fourth-order valence-corrected chi connectivity index (χ4v) is 4.59. The van der Waals surface area contributed by atoms with Gasteiger partial charge in [-0.2, -0.15) is 0 Å². The van der Waals surface area contributed by atoms with Crippen LogP contribution in [0, 0.1) is 0 Å². The van der Waals surface area contributed by atoms with E-state index < -0.39 is 0 Å². The van der Waals surface area contributed by atoms with Crippen molar-refractivity contribution < 1.29 is 0 Å². The van der Waals surface area contributed by atoms with Crippen molar-refractivity contribution in [3.63, 3.8) is 0 Å². The first-order chi connectivity index (χ1) is 14.6. The zero-order chi connectivity index (χ0) is 20.6. The van der Waals surface area contributed by atoms with Crippen LogP contribution < -0.4 is 21.7 Å². The second-order valence-electron chi connectivity index (χ2n) is 7.48. The molecule has 0 atom stereocenters. The highest BCUT2D eigenvalue weighted by Gasteiger charge is 2.18. The standard InChI is InChI=1S/C26H12O4/c27-23-14-5-1-3-7-16(14)25(29)21-18(23)11-9-13-10-12-19-22(20(13)21)26(30)17-8-4-2-6-15(17)24(19)28/h1-12H. The minimum Gasteiger partial charge on any atom is -0.289 e. The Balaban J connectivity index is 2.06. The Morgan fingerprint density at radius 2 is 0.700 bits per heavy atom. The average Bonchev–Trinajstić information content (AvgIpc) is 2.79. The predicted molar refractivity (Wildman–Crippen MR) is 121 cm³/mol. The van der Waals surface area contributed by atoms with Gasteiger partial charge in [-0.25, -0.2) is 0 Å². The van der Waals surface area contributed by atoms with Gasteiger partial charge in [0.1, 0.15) is 0 Å². The van der Waals surface area contributed by atoms with Crippen molar-refractivity contribution in [2.24, 2.45) is 0 Å². The summed E-state index contributed by atoms with van der Waals surface area (Å²) in [7, 11) is 0. The molecule has 0 saturated carbocycles. The van der Waals surface area contributed by atoms with Crippen molar-refractivity contribution in [2.75, 3.05) is 0 Å². The molecule has 0 fully saturated rings. The summed E-state index contributed by atoms with van der Waals surface area (Å²) in [6.45, 7) is 0. The molecule has 0 aliphatic heterocycles. The van der Waals surface area contributed by atoms with Gasteiger partial charge in [-0.3, -0.25) is 19.2 Å². The molecular formula is C26H12O4. The summed E-state index contributed by atoms with van der Waals surface area (Å²) >= 11 is 0. The highest BCUT2D eigenvalue weighted by molar-refractivity contribution is 6.23. The Morgan fingerprint density at radius 1 is 0.333 bits per heavy atom. The Labute approximate surface area is 167 Å². The van der Waals surface area contributed by atoms with Crippen LogP contribution in [0.4, 0.5) is 0 Å². The molecule has 6 aromatic rings. The maximum absolute atomic E-state index is 13.4. The topological polar surface area (TPSA) is 68.3 Å². The largest absolute Gasteiger partial charge is 0.289 e. The lowest BCUT2D eigenvalue weighted by Gasteiger charge is -2.09. The molecule has 0 bridgehead atoms.